The average molecular weight is 466 g/mol. The first-order valence-electron chi connectivity index (χ1n) is 11.3. The van der Waals surface area contributed by atoms with E-state index >= 15 is 0 Å². The summed E-state index contributed by atoms with van der Waals surface area (Å²) in [7, 11) is 3.65. The number of aromatic nitrogens is 2. The number of rotatable bonds is 4. The van der Waals surface area contributed by atoms with Crippen LogP contribution < -0.4 is 5.46 Å². The van der Waals surface area contributed by atoms with Crippen molar-refractivity contribution in [2.24, 2.45) is 0 Å². The molecule has 1 fully saturated rings. The van der Waals surface area contributed by atoms with E-state index in [1.807, 2.05) is 30.3 Å². The third kappa shape index (κ3) is 3.45. The second kappa shape index (κ2) is 7.67. The molecule has 2 aliphatic heterocycles. The average Bonchev–Trinajstić information content (AvgIpc) is 3.35. The van der Waals surface area contributed by atoms with Gasteiger partial charge in [-0.3, -0.25) is 9.69 Å². The molecule has 1 aromatic heterocycles. The maximum absolute atomic E-state index is 11.9. The van der Waals surface area contributed by atoms with Gasteiger partial charge < -0.3 is 13.9 Å². The van der Waals surface area contributed by atoms with E-state index < -0.39 is 18.3 Å². The summed E-state index contributed by atoms with van der Waals surface area (Å²) in [5.41, 5.74) is 3.47. The molecular formula is C25H29BClN3O3. The van der Waals surface area contributed by atoms with E-state index in [9.17, 15) is 4.79 Å². The van der Waals surface area contributed by atoms with Crippen molar-refractivity contribution in [3.8, 4) is 0 Å². The van der Waals surface area contributed by atoms with E-state index in [0.717, 1.165) is 40.6 Å². The molecule has 2 unspecified atom stereocenters. The van der Waals surface area contributed by atoms with Gasteiger partial charge in [-0.25, -0.2) is 4.98 Å². The van der Waals surface area contributed by atoms with Gasteiger partial charge in [-0.05, 0) is 71.9 Å². The van der Waals surface area contributed by atoms with Crippen molar-refractivity contribution in [3.05, 3.63) is 58.4 Å². The van der Waals surface area contributed by atoms with Gasteiger partial charge in [-0.2, -0.15) is 0 Å². The minimum Gasteiger partial charge on any atom is -0.399 e. The zero-order valence-corrected chi connectivity index (χ0v) is 20.7. The molecule has 2 aliphatic rings. The van der Waals surface area contributed by atoms with Crippen molar-refractivity contribution in [2.75, 3.05) is 14.1 Å². The van der Waals surface area contributed by atoms with E-state index in [1.54, 1.807) is 0 Å². The van der Waals surface area contributed by atoms with Crippen molar-refractivity contribution < 1.29 is 14.1 Å². The molecule has 1 saturated heterocycles. The maximum Gasteiger partial charge on any atom is 0.494 e. The predicted molar refractivity (Wildman–Crippen MR) is 131 cm³/mol. The van der Waals surface area contributed by atoms with Crippen molar-refractivity contribution in [2.45, 2.75) is 57.4 Å². The second-order valence-electron chi connectivity index (χ2n) is 10.3. The normalized spacial score (nSPS) is 23.5. The Hall–Kier alpha value is -2.19. The molecule has 5 rings (SSSR count). The van der Waals surface area contributed by atoms with Crippen molar-refractivity contribution in [3.63, 3.8) is 0 Å². The highest BCUT2D eigenvalue weighted by Gasteiger charge is 2.52. The molecule has 0 spiro atoms. The Labute approximate surface area is 200 Å². The lowest BCUT2D eigenvalue weighted by Gasteiger charge is -2.32. The molecule has 0 bridgehead atoms. The third-order valence-electron chi connectivity index (χ3n) is 7.49. The monoisotopic (exact) mass is 465 g/mol. The molecule has 6 nitrogen and oxygen atoms in total. The number of carbonyl (C=O) groups excluding carboxylic acids is 1. The van der Waals surface area contributed by atoms with E-state index in [2.05, 4.69) is 57.3 Å². The summed E-state index contributed by atoms with van der Waals surface area (Å²) in [6.45, 7) is 8.21. The number of carbonyl (C=O) groups is 1. The molecule has 0 N–H and O–H groups in total. The van der Waals surface area contributed by atoms with E-state index in [-0.39, 0.29) is 12.1 Å². The third-order valence-corrected chi connectivity index (χ3v) is 7.82. The number of nitrogens with zero attached hydrogens (tertiary/aromatic N) is 3. The molecule has 3 aromatic rings. The van der Waals surface area contributed by atoms with Gasteiger partial charge in [0.2, 0.25) is 0 Å². The first-order valence-corrected chi connectivity index (χ1v) is 11.7. The highest BCUT2D eigenvalue weighted by molar-refractivity contribution is 6.62. The summed E-state index contributed by atoms with van der Waals surface area (Å²) in [6, 6.07) is 11.7. The van der Waals surface area contributed by atoms with Gasteiger partial charge in [0.1, 0.15) is 12.1 Å². The summed E-state index contributed by atoms with van der Waals surface area (Å²) in [6.07, 6.45) is 1.68. The second-order valence-corrected chi connectivity index (χ2v) is 10.7. The Kier molecular flexibility index (Phi) is 5.25. The summed E-state index contributed by atoms with van der Waals surface area (Å²) in [4.78, 5) is 19.0. The van der Waals surface area contributed by atoms with Crippen LogP contribution in [0.1, 0.15) is 67.9 Å². The number of fused-ring (bicyclic) bond motifs is 3. The number of hydrogen-bond acceptors (Lipinski definition) is 5. The minimum absolute atomic E-state index is 0.0974. The molecular weight excluding hydrogens is 437 g/mol. The largest absolute Gasteiger partial charge is 0.494 e. The molecule has 0 saturated carbocycles. The zero-order chi connectivity index (χ0) is 23.7. The minimum atomic E-state index is -0.458. The fourth-order valence-electron chi connectivity index (χ4n) is 4.94. The Bertz CT molecular complexity index is 1240. The molecule has 172 valence electrons. The Morgan fingerprint density at radius 3 is 2.48 bits per heavy atom. The van der Waals surface area contributed by atoms with Gasteiger partial charge in [0.25, 0.3) is 0 Å². The molecule has 0 radical (unpaired) electrons. The number of aldehydes is 1. The Morgan fingerprint density at radius 2 is 1.85 bits per heavy atom. The Morgan fingerprint density at radius 1 is 1.15 bits per heavy atom. The lowest BCUT2D eigenvalue weighted by molar-refractivity contribution is 0.00578. The zero-order valence-electron chi connectivity index (χ0n) is 19.9. The molecule has 2 atom stereocenters. The summed E-state index contributed by atoms with van der Waals surface area (Å²) >= 11 is 6.65. The van der Waals surface area contributed by atoms with E-state index in [1.165, 1.54) is 0 Å². The number of halogens is 1. The molecule has 2 aromatic carbocycles. The van der Waals surface area contributed by atoms with Gasteiger partial charge >= 0.3 is 7.12 Å². The number of benzene rings is 2. The highest BCUT2D eigenvalue weighted by atomic mass is 35.5. The van der Waals surface area contributed by atoms with E-state index in [0.29, 0.717) is 10.6 Å². The highest BCUT2D eigenvalue weighted by Crippen LogP contribution is 2.45. The fraction of sp³-hybridized carbons (Fsp3) is 0.440. The lowest BCUT2D eigenvalue weighted by atomic mass is 9.79. The molecule has 33 heavy (non-hydrogen) atoms. The van der Waals surface area contributed by atoms with Gasteiger partial charge in [-0.1, -0.05) is 29.8 Å². The first-order chi connectivity index (χ1) is 15.5. The molecule has 0 aliphatic carbocycles. The van der Waals surface area contributed by atoms with Crippen LogP contribution in [0.4, 0.5) is 0 Å². The molecule has 3 heterocycles. The predicted octanol–water partition coefficient (Wildman–Crippen LogP) is 4.40. The van der Waals surface area contributed by atoms with Gasteiger partial charge in [0.15, 0.2) is 0 Å². The first kappa shape index (κ1) is 22.6. The van der Waals surface area contributed by atoms with Gasteiger partial charge in [0, 0.05) is 16.1 Å². The van der Waals surface area contributed by atoms with Gasteiger partial charge in [-0.15, -0.1) is 0 Å². The number of hydrogen-bond donors (Lipinski definition) is 0. The van der Waals surface area contributed by atoms with Crippen LogP contribution in [0, 0.1) is 0 Å². The lowest BCUT2D eigenvalue weighted by Crippen LogP contribution is -2.41. The van der Waals surface area contributed by atoms with Crippen LogP contribution in [0.25, 0.3) is 11.0 Å². The topological polar surface area (TPSA) is 56.6 Å². The quantitative estimate of drug-likeness (QED) is 0.422. The van der Waals surface area contributed by atoms with Crippen LogP contribution >= 0.6 is 11.6 Å². The van der Waals surface area contributed by atoms with Crippen LogP contribution in [-0.4, -0.2) is 53.2 Å². The van der Waals surface area contributed by atoms with Crippen LogP contribution in [0.15, 0.2) is 36.4 Å². The Balaban J connectivity index is 1.67. The smallest absolute Gasteiger partial charge is 0.399 e. The number of imidazole rings is 1. The van der Waals surface area contributed by atoms with Gasteiger partial charge in [0.05, 0.1) is 34.3 Å². The van der Waals surface area contributed by atoms with Crippen molar-refractivity contribution in [1.82, 2.24) is 14.5 Å². The molecule has 8 heteroatoms. The summed E-state index contributed by atoms with van der Waals surface area (Å²) in [5.74, 6) is 0.975. The summed E-state index contributed by atoms with van der Waals surface area (Å²) < 4.78 is 14.8. The maximum atomic E-state index is 11.9. The van der Waals surface area contributed by atoms with Crippen molar-refractivity contribution in [1.29, 1.82) is 0 Å². The van der Waals surface area contributed by atoms with Crippen molar-refractivity contribution >= 4 is 41.5 Å². The van der Waals surface area contributed by atoms with Crippen LogP contribution in [0.5, 0.6) is 0 Å². The van der Waals surface area contributed by atoms with Crippen LogP contribution in [0.3, 0.4) is 0 Å². The molecule has 0 amide bonds. The standard InChI is InChI=1S/C25H29BClN3O3/c1-24(2)25(3,4)33-26(32-24)16-10-11-18-19(12-16)30-20(13-21(29(5)6)23(30)28-18)22-15(14-31)8-7-9-17(22)27/h7-12,14,20-21H,13H2,1-6H3. The van der Waals surface area contributed by atoms with Crippen LogP contribution in [-0.2, 0) is 9.31 Å². The summed E-state index contributed by atoms with van der Waals surface area (Å²) in [5, 5.41) is 0.596. The SMILES string of the molecule is CN(C)C1CC(c2c(Cl)cccc2C=O)n2c1nc1ccc(B3OC(C)(C)C(C)(C)O3)cc12. The fourth-order valence-corrected chi connectivity index (χ4v) is 5.24. The van der Waals surface area contributed by atoms with E-state index in [4.69, 9.17) is 25.9 Å². The van der Waals surface area contributed by atoms with Crippen LogP contribution in [0.2, 0.25) is 5.02 Å².